The number of phenolic OH excluding ortho intramolecular Hbond substituents is 1. The van der Waals surface area contributed by atoms with Crippen LogP contribution in [0.4, 0.5) is 0 Å². The number of allylic oxidation sites excluding steroid dienone is 1. The molecule has 1 amide bonds. The number of aromatic hydroxyl groups is 1. The molecule has 0 spiro atoms. The summed E-state index contributed by atoms with van der Waals surface area (Å²) in [5.74, 6) is 0.835. The van der Waals surface area contributed by atoms with Gasteiger partial charge in [-0.1, -0.05) is 32.1 Å². The molecule has 1 unspecified atom stereocenters. The van der Waals surface area contributed by atoms with Crippen molar-refractivity contribution >= 4 is 5.91 Å². The maximum atomic E-state index is 12.0. The third kappa shape index (κ3) is 3.16. The first-order valence-corrected chi connectivity index (χ1v) is 6.89. The number of nitrogens with zero attached hydrogens (tertiary/aromatic N) is 1. The second-order valence-electron chi connectivity index (χ2n) is 5.16. The third-order valence-electron chi connectivity index (χ3n) is 3.74. The smallest absolute Gasteiger partial charge is 0.227 e. The van der Waals surface area contributed by atoms with Crippen molar-refractivity contribution in [2.45, 2.75) is 39.2 Å². The van der Waals surface area contributed by atoms with Crippen LogP contribution in [0.2, 0.25) is 0 Å². The van der Waals surface area contributed by atoms with Crippen LogP contribution >= 0.6 is 0 Å². The lowest BCUT2D eigenvalue weighted by Crippen LogP contribution is -2.37. The predicted molar refractivity (Wildman–Crippen MR) is 75.4 cm³/mol. The van der Waals surface area contributed by atoms with E-state index in [-0.39, 0.29) is 11.7 Å². The molecule has 0 aliphatic carbocycles. The number of piperidine rings is 1. The number of hydrogen-bond donors (Lipinski definition) is 1. The van der Waals surface area contributed by atoms with Crippen LogP contribution in [0.25, 0.3) is 0 Å². The van der Waals surface area contributed by atoms with Crippen molar-refractivity contribution in [3.63, 3.8) is 0 Å². The largest absolute Gasteiger partial charge is 0.508 e. The number of carbonyl (C=O) groups excluding carboxylic acids is 1. The Hall–Kier alpha value is -1.77. The number of benzene rings is 1. The molecule has 1 aromatic carbocycles. The number of phenols is 1. The predicted octanol–water partition coefficient (Wildman–Crippen LogP) is 3.44. The van der Waals surface area contributed by atoms with Crippen LogP contribution in [-0.2, 0) is 11.3 Å². The van der Waals surface area contributed by atoms with E-state index in [0.29, 0.717) is 18.9 Å². The average molecular weight is 259 g/mol. The highest BCUT2D eigenvalue weighted by Gasteiger charge is 2.28. The molecule has 102 valence electrons. The molecule has 1 aromatic rings. The van der Waals surface area contributed by atoms with Gasteiger partial charge in [-0.15, -0.1) is 0 Å². The standard InChI is InChI=1S/C16H21NO2/c1-3-4-14-7-10-16(19)17(12(14)2)11-13-5-8-15(18)9-6-13/h5-6,8-9,14,18H,2-4,7,10-11H2,1H3. The van der Waals surface area contributed by atoms with E-state index in [0.717, 1.165) is 30.5 Å². The van der Waals surface area contributed by atoms with Crippen molar-refractivity contribution < 1.29 is 9.90 Å². The van der Waals surface area contributed by atoms with Crippen LogP contribution in [0.15, 0.2) is 36.5 Å². The number of carbonyl (C=O) groups is 1. The van der Waals surface area contributed by atoms with E-state index in [4.69, 9.17) is 0 Å². The SMILES string of the molecule is C=C1C(CCC)CCC(=O)N1Cc1ccc(O)cc1. The van der Waals surface area contributed by atoms with E-state index >= 15 is 0 Å². The van der Waals surface area contributed by atoms with Gasteiger partial charge in [0.1, 0.15) is 5.75 Å². The van der Waals surface area contributed by atoms with E-state index in [1.807, 2.05) is 12.1 Å². The van der Waals surface area contributed by atoms with E-state index in [1.54, 1.807) is 17.0 Å². The summed E-state index contributed by atoms with van der Waals surface area (Å²) in [6.45, 7) is 6.83. The zero-order chi connectivity index (χ0) is 13.8. The summed E-state index contributed by atoms with van der Waals surface area (Å²) in [4.78, 5) is 13.8. The second kappa shape index (κ2) is 5.91. The van der Waals surface area contributed by atoms with E-state index in [1.165, 1.54) is 0 Å². The van der Waals surface area contributed by atoms with E-state index < -0.39 is 0 Å². The van der Waals surface area contributed by atoms with Gasteiger partial charge in [0.2, 0.25) is 5.91 Å². The maximum absolute atomic E-state index is 12.0. The summed E-state index contributed by atoms with van der Waals surface area (Å²) in [7, 11) is 0. The van der Waals surface area contributed by atoms with E-state index in [2.05, 4.69) is 13.5 Å². The van der Waals surface area contributed by atoms with Gasteiger partial charge in [0.05, 0.1) is 6.54 Å². The highest BCUT2D eigenvalue weighted by atomic mass is 16.3. The van der Waals surface area contributed by atoms with Crippen LogP contribution in [0.1, 0.15) is 38.2 Å². The Bertz CT molecular complexity index is 464. The van der Waals surface area contributed by atoms with Crippen molar-refractivity contribution in [3.8, 4) is 5.75 Å². The lowest BCUT2D eigenvalue weighted by Gasteiger charge is -2.35. The first-order chi connectivity index (χ1) is 9.11. The van der Waals surface area contributed by atoms with Gasteiger partial charge >= 0.3 is 0 Å². The fraction of sp³-hybridized carbons (Fsp3) is 0.438. The molecule has 1 aliphatic heterocycles. The zero-order valence-corrected chi connectivity index (χ0v) is 11.4. The first kappa shape index (κ1) is 13.7. The molecule has 3 heteroatoms. The van der Waals surface area contributed by atoms with Crippen molar-refractivity contribution in [2.24, 2.45) is 5.92 Å². The minimum absolute atomic E-state index is 0.158. The van der Waals surface area contributed by atoms with Crippen molar-refractivity contribution in [1.29, 1.82) is 0 Å². The Balaban J connectivity index is 2.10. The number of amides is 1. The molecule has 3 nitrogen and oxygen atoms in total. The highest BCUT2D eigenvalue weighted by molar-refractivity contribution is 5.79. The van der Waals surface area contributed by atoms with Gasteiger partial charge in [-0.2, -0.15) is 0 Å². The van der Waals surface area contributed by atoms with Gasteiger partial charge in [-0.05, 0) is 36.5 Å². The lowest BCUT2D eigenvalue weighted by molar-refractivity contribution is -0.132. The van der Waals surface area contributed by atoms with Gasteiger partial charge in [-0.25, -0.2) is 0 Å². The van der Waals surface area contributed by atoms with Crippen LogP contribution < -0.4 is 0 Å². The Labute approximate surface area is 114 Å². The van der Waals surface area contributed by atoms with Gasteiger partial charge in [-0.3, -0.25) is 4.79 Å². The fourth-order valence-electron chi connectivity index (χ4n) is 2.61. The number of hydrogen-bond acceptors (Lipinski definition) is 2. The lowest BCUT2D eigenvalue weighted by atomic mass is 9.90. The molecule has 0 bridgehead atoms. The van der Waals surface area contributed by atoms with Crippen LogP contribution in [0, 0.1) is 5.92 Å². The monoisotopic (exact) mass is 259 g/mol. The summed E-state index contributed by atoms with van der Waals surface area (Å²) < 4.78 is 0. The van der Waals surface area contributed by atoms with Gasteiger partial charge in [0, 0.05) is 12.1 Å². The van der Waals surface area contributed by atoms with Crippen LogP contribution in [-0.4, -0.2) is 15.9 Å². The van der Waals surface area contributed by atoms with Crippen LogP contribution in [0.5, 0.6) is 5.75 Å². The summed E-state index contributed by atoms with van der Waals surface area (Å²) in [5.41, 5.74) is 1.97. The maximum Gasteiger partial charge on any atom is 0.227 e. The molecule has 1 atom stereocenters. The normalized spacial score (nSPS) is 19.8. The number of likely N-dealkylation sites (tertiary alicyclic amines) is 1. The van der Waals surface area contributed by atoms with Crippen molar-refractivity contribution in [1.82, 2.24) is 4.90 Å². The molecule has 1 heterocycles. The molecule has 2 rings (SSSR count). The molecule has 0 saturated carbocycles. The van der Waals surface area contributed by atoms with Crippen LogP contribution in [0.3, 0.4) is 0 Å². The minimum Gasteiger partial charge on any atom is -0.508 e. The van der Waals surface area contributed by atoms with Gasteiger partial charge < -0.3 is 10.0 Å². The molecule has 0 aromatic heterocycles. The molecule has 19 heavy (non-hydrogen) atoms. The third-order valence-corrected chi connectivity index (χ3v) is 3.74. The molecule has 1 aliphatic rings. The van der Waals surface area contributed by atoms with E-state index in [9.17, 15) is 9.90 Å². The van der Waals surface area contributed by atoms with Crippen molar-refractivity contribution in [3.05, 3.63) is 42.1 Å². The zero-order valence-electron chi connectivity index (χ0n) is 11.4. The fourth-order valence-corrected chi connectivity index (χ4v) is 2.61. The van der Waals surface area contributed by atoms with Crippen molar-refractivity contribution in [2.75, 3.05) is 0 Å². The highest BCUT2D eigenvalue weighted by Crippen LogP contribution is 2.31. The second-order valence-corrected chi connectivity index (χ2v) is 5.16. The molecule has 1 N–H and O–H groups in total. The van der Waals surface area contributed by atoms with Gasteiger partial charge in [0.15, 0.2) is 0 Å². The summed E-state index contributed by atoms with van der Waals surface area (Å²) in [5, 5.41) is 9.28. The molecular formula is C16H21NO2. The molecular weight excluding hydrogens is 238 g/mol. The quantitative estimate of drug-likeness (QED) is 0.899. The number of rotatable bonds is 4. The van der Waals surface area contributed by atoms with Gasteiger partial charge in [0.25, 0.3) is 0 Å². The first-order valence-electron chi connectivity index (χ1n) is 6.89. The minimum atomic E-state index is 0.158. The Morgan fingerprint density at radius 1 is 1.37 bits per heavy atom. The summed E-state index contributed by atoms with van der Waals surface area (Å²) in [6.07, 6.45) is 3.75. The molecule has 0 radical (unpaired) electrons. The molecule has 1 fully saturated rings. The Kier molecular flexibility index (Phi) is 4.25. The summed E-state index contributed by atoms with van der Waals surface area (Å²) in [6, 6.07) is 6.99. The Morgan fingerprint density at radius 3 is 2.68 bits per heavy atom. The average Bonchev–Trinajstić information content (AvgIpc) is 2.40. The Morgan fingerprint density at radius 2 is 2.05 bits per heavy atom. The topological polar surface area (TPSA) is 40.5 Å². The summed E-state index contributed by atoms with van der Waals surface area (Å²) >= 11 is 0. The molecule has 1 saturated heterocycles.